The van der Waals surface area contributed by atoms with Gasteiger partial charge in [0.2, 0.25) is 6.54 Å². The van der Waals surface area contributed by atoms with Crippen molar-refractivity contribution in [2.45, 2.75) is 57.2 Å². The quantitative estimate of drug-likeness (QED) is 0.249. The van der Waals surface area contributed by atoms with E-state index >= 15 is 0 Å². The lowest BCUT2D eigenvalue weighted by atomic mass is 9.95. The number of rotatable bonds is 10. The molecule has 0 aromatic rings. The Morgan fingerprint density at radius 2 is 1.96 bits per heavy atom. The first-order valence-corrected chi connectivity index (χ1v) is 8.59. The third-order valence-electron chi connectivity index (χ3n) is 3.74. The van der Waals surface area contributed by atoms with E-state index in [9.17, 15) is 19.7 Å². The second-order valence-electron chi connectivity index (χ2n) is 7.41. The van der Waals surface area contributed by atoms with E-state index in [0.717, 1.165) is 0 Å². The maximum atomic E-state index is 12.0. The molecule has 1 aliphatic rings. The molecule has 0 saturated carbocycles. The van der Waals surface area contributed by atoms with Gasteiger partial charge in [-0.1, -0.05) is 0 Å². The van der Waals surface area contributed by atoms with E-state index in [1.807, 2.05) is 0 Å². The summed E-state index contributed by atoms with van der Waals surface area (Å²) in [6, 6.07) is -0.662. The van der Waals surface area contributed by atoms with Gasteiger partial charge in [-0.25, -0.2) is 4.79 Å². The maximum Gasteiger partial charge on any atom is 0.407 e. The van der Waals surface area contributed by atoms with Crippen LogP contribution in [0, 0.1) is 10.1 Å². The van der Waals surface area contributed by atoms with Crippen molar-refractivity contribution in [1.82, 2.24) is 10.6 Å². The van der Waals surface area contributed by atoms with Gasteiger partial charge in [-0.2, -0.15) is 0 Å². The normalized spacial score (nSPS) is 16.9. The highest BCUT2D eigenvalue weighted by Crippen LogP contribution is 2.20. The van der Waals surface area contributed by atoms with Crippen molar-refractivity contribution in [2.24, 2.45) is 0 Å². The Hall–Kier alpha value is -1.94. The van der Waals surface area contributed by atoms with Crippen molar-refractivity contribution >= 4 is 12.1 Å². The molecule has 26 heavy (non-hydrogen) atoms. The van der Waals surface area contributed by atoms with E-state index in [0.29, 0.717) is 25.8 Å². The van der Waals surface area contributed by atoms with Crippen LogP contribution in [0.4, 0.5) is 4.79 Å². The van der Waals surface area contributed by atoms with Crippen LogP contribution in [0.3, 0.4) is 0 Å². The summed E-state index contributed by atoms with van der Waals surface area (Å²) in [4.78, 5) is 33.9. The molecule has 1 rings (SSSR count). The number of hydrogen-bond acceptors (Lipinski definition) is 8. The molecule has 1 saturated heterocycles. The maximum absolute atomic E-state index is 12.0. The standard InChI is InChI=1S/C16H29N3O7/c1-15(2,3)26-14(21)17-8-6-5-7-12(13(20)24-4)18-16(9-19(22)23)10-25-11-16/h12,18H,5-11H2,1-4H3,(H,17,21)/t12-/m0/s1. The molecule has 10 nitrogen and oxygen atoms in total. The van der Waals surface area contributed by atoms with E-state index < -0.39 is 34.2 Å². The fraction of sp³-hybridized carbons (Fsp3) is 0.875. The molecule has 0 radical (unpaired) electrons. The first-order chi connectivity index (χ1) is 12.1. The molecular weight excluding hydrogens is 346 g/mol. The van der Waals surface area contributed by atoms with Gasteiger partial charge in [0.25, 0.3) is 0 Å². The lowest BCUT2D eigenvalue weighted by Crippen LogP contribution is -2.67. The molecule has 150 valence electrons. The van der Waals surface area contributed by atoms with E-state index in [2.05, 4.69) is 10.6 Å². The molecular formula is C16H29N3O7. The van der Waals surface area contributed by atoms with Crippen LogP contribution in [0.25, 0.3) is 0 Å². The fourth-order valence-corrected chi connectivity index (χ4v) is 2.55. The molecule has 1 heterocycles. The number of carbonyl (C=O) groups is 2. The minimum Gasteiger partial charge on any atom is -0.468 e. The highest BCUT2D eigenvalue weighted by atomic mass is 16.6. The summed E-state index contributed by atoms with van der Waals surface area (Å²) < 4.78 is 15.0. The molecule has 1 aliphatic heterocycles. The summed E-state index contributed by atoms with van der Waals surface area (Å²) in [6.45, 7) is 5.80. The molecule has 0 aliphatic carbocycles. The Morgan fingerprint density at radius 3 is 2.42 bits per heavy atom. The Labute approximate surface area is 153 Å². The summed E-state index contributed by atoms with van der Waals surface area (Å²) >= 11 is 0. The topological polar surface area (TPSA) is 129 Å². The number of alkyl carbamates (subject to hydrolysis) is 1. The highest BCUT2D eigenvalue weighted by Gasteiger charge is 2.46. The summed E-state index contributed by atoms with van der Waals surface area (Å²) in [5.74, 6) is -0.472. The zero-order valence-corrected chi connectivity index (χ0v) is 15.8. The minimum absolute atomic E-state index is 0.182. The number of nitro groups is 1. The zero-order valence-electron chi connectivity index (χ0n) is 15.8. The lowest BCUT2D eigenvalue weighted by molar-refractivity contribution is -0.498. The smallest absolute Gasteiger partial charge is 0.407 e. The monoisotopic (exact) mass is 375 g/mol. The molecule has 0 bridgehead atoms. The Kier molecular flexibility index (Phi) is 8.22. The van der Waals surface area contributed by atoms with E-state index in [-0.39, 0.29) is 19.8 Å². The van der Waals surface area contributed by atoms with Crippen LogP contribution in [0.2, 0.25) is 0 Å². The second kappa shape index (κ2) is 9.67. The van der Waals surface area contributed by atoms with Gasteiger partial charge in [0.05, 0.1) is 20.3 Å². The van der Waals surface area contributed by atoms with Gasteiger partial charge < -0.3 is 19.5 Å². The van der Waals surface area contributed by atoms with Crippen molar-refractivity contribution in [2.75, 3.05) is 33.4 Å². The zero-order chi connectivity index (χ0) is 19.8. The number of carbonyl (C=O) groups excluding carboxylic acids is 2. The number of ether oxygens (including phenoxy) is 3. The number of amides is 1. The van der Waals surface area contributed by atoms with Crippen molar-refractivity contribution in [3.8, 4) is 0 Å². The Bertz CT molecular complexity index is 501. The molecule has 0 unspecified atom stereocenters. The predicted octanol–water partition coefficient (Wildman–Crippen LogP) is 0.858. The number of unbranched alkanes of at least 4 members (excludes halogenated alkanes) is 1. The van der Waals surface area contributed by atoms with Gasteiger partial charge >= 0.3 is 12.1 Å². The SMILES string of the molecule is COC(=O)[C@H](CCCCNC(=O)OC(C)(C)C)NC1(C[N+](=O)[O-])COC1. The fourth-order valence-electron chi connectivity index (χ4n) is 2.55. The van der Waals surface area contributed by atoms with Crippen LogP contribution in [0.5, 0.6) is 0 Å². The van der Waals surface area contributed by atoms with Crippen molar-refractivity contribution in [3.63, 3.8) is 0 Å². The lowest BCUT2D eigenvalue weighted by Gasteiger charge is -2.40. The average Bonchev–Trinajstić information content (AvgIpc) is 2.47. The molecule has 2 N–H and O–H groups in total. The predicted molar refractivity (Wildman–Crippen MR) is 92.4 cm³/mol. The Morgan fingerprint density at radius 1 is 1.31 bits per heavy atom. The average molecular weight is 375 g/mol. The molecule has 10 heteroatoms. The molecule has 0 aromatic heterocycles. The number of esters is 1. The van der Waals surface area contributed by atoms with Crippen molar-refractivity contribution in [1.29, 1.82) is 0 Å². The number of hydrogen-bond donors (Lipinski definition) is 2. The summed E-state index contributed by atoms with van der Waals surface area (Å²) in [5.41, 5.74) is -1.39. The summed E-state index contributed by atoms with van der Waals surface area (Å²) in [5, 5.41) is 16.5. The summed E-state index contributed by atoms with van der Waals surface area (Å²) in [7, 11) is 1.28. The van der Waals surface area contributed by atoms with Crippen LogP contribution >= 0.6 is 0 Å². The van der Waals surface area contributed by atoms with Crippen LogP contribution in [0.1, 0.15) is 40.0 Å². The number of methoxy groups -OCH3 is 1. The third-order valence-corrected chi connectivity index (χ3v) is 3.74. The Balaban J connectivity index is 2.40. The number of nitrogens with one attached hydrogen (secondary N) is 2. The van der Waals surface area contributed by atoms with E-state index in [1.165, 1.54) is 7.11 Å². The molecule has 0 spiro atoms. The summed E-state index contributed by atoms with van der Waals surface area (Å²) in [6.07, 6.45) is 1.20. The van der Waals surface area contributed by atoms with Crippen LogP contribution in [-0.4, -0.2) is 67.6 Å². The molecule has 0 aromatic carbocycles. The highest BCUT2D eigenvalue weighted by molar-refractivity contribution is 5.75. The van der Waals surface area contributed by atoms with Gasteiger partial charge in [0, 0.05) is 11.5 Å². The van der Waals surface area contributed by atoms with Gasteiger partial charge in [0.15, 0.2) is 0 Å². The van der Waals surface area contributed by atoms with E-state index in [1.54, 1.807) is 20.8 Å². The van der Waals surface area contributed by atoms with Crippen molar-refractivity contribution < 1.29 is 28.7 Å². The largest absolute Gasteiger partial charge is 0.468 e. The van der Waals surface area contributed by atoms with Crippen LogP contribution < -0.4 is 10.6 Å². The molecule has 1 amide bonds. The third kappa shape index (κ3) is 7.96. The molecule has 1 fully saturated rings. The van der Waals surface area contributed by atoms with Crippen LogP contribution in [0.15, 0.2) is 0 Å². The first-order valence-electron chi connectivity index (χ1n) is 8.59. The van der Waals surface area contributed by atoms with Crippen molar-refractivity contribution in [3.05, 3.63) is 10.1 Å². The molecule has 1 atom stereocenters. The number of nitrogens with zero attached hydrogens (tertiary/aromatic N) is 1. The minimum atomic E-state index is -0.836. The second-order valence-corrected chi connectivity index (χ2v) is 7.41. The van der Waals surface area contributed by atoms with Gasteiger partial charge in [0.1, 0.15) is 17.2 Å². The van der Waals surface area contributed by atoms with Gasteiger partial charge in [-0.15, -0.1) is 0 Å². The van der Waals surface area contributed by atoms with Gasteiger partial charge in [-0.3, -0.25) is 20.2 Å². The van der Waals surface area contributed by atoms with Gasteiger partial charge in [-0.05, 0) is 40.0 Å². The first kappa shape index (κ1) is 22.1. The van der Waals surface area contributed by atoms with Crippen LogP contribution in [-0.2, 0) is 19.0 Å². The van der Waals surface area contributed by atoms with E-state index in [4.69, 9.17) is 14.2 Å².